The van der Waals surface area contributed by atoms with Crippen molar-refractivity contribution in [2.45, 2.75) is 79.4 Å². The molecule has 3 N–H and O–H groups in total. The van der Waals surface area contributed by atoms with Gasteiger partial charge in [-0.05, 0) is 66.7 Å². The smallest absolute Gasteiger partial charge is 0.459 e. The first-order valence-corrected chi connectivity index (χ1v) is 15.5. The summed E-state index contributed by atoms with van der Waals surface area (Å²) >= 11 is 0. The molecule has 2 heterocycles. The van der Waals surface area contributed by atoms with Gasteiger partial charge >= 0.3 is 13.7 Å². The number of pyridine rings is 1. The molecule has 0 bridgehead atoms. The molecule has 0 saturated heterocycles. The Labute approximate surface area is 246 Å². The molecule has 4 rings (SSSR count). The van der Waals surface area contributed by atoms with Crippen LogP contribution in [0.3, 0.4) is 0 Å². The van der Waals surface area contributed by atoms with Gasteiger partial charge in [0, 0.05) is 12.0 Å². The predicted molar refractivity (Wildman–Crippen MR) is 163 cm³/mol. The number of aryl methyl sites for hydroxylation is 1. The Hall–Kier alpha value is -3.50. The van der Waals surface area contributed by atoms with Gasteiger partial charge in [0.2, 0.25) is 0 Å². The summed E-state index contributed by atoms with van der Waals surface area (Å²) in [5.41, 5.74) is 8.64. The number of nitrogens with two attached hydrogens (primary N) is 1. The molecule has 0 unspecified atom stereocenters. The first kappa shape index (κ1) is 31.4. The van der Waals surface area contributed by atoms with Gasteiger partial charge in [0.1, 0.15) is 35.3 Å². The lowest BCUT2D eigenvalue weighted by atomic mass is 10.2. The molecule has 0 aliphatic carbocycles. The molecule has 11 nitrogen and oxygen atoms in total. The van der Waals surface area contributed by atoms with Gasteiger partial charge in [0.15, 0.2) is 5.82 Å². The SMILES string of the molecule is CCOCc1nc2c(N)nc3ccccc3c2n1C[C@@H](C)O[P@](=O)(N[C@@H](C)C(=O)OC(C)(C)C)Oc1ccc(C)cc1. The second-order valence-electron chi connectivity index (χ2n) is 11.2. The molecule has 0 aliphatic rings. The molecule has 0 radical (unpaired) electrons. The number of fused-ring (bicyclic) bond motifs is 3. The van der Waals surface area contributed by atoms with Crippen LogP contribution in [0.4, 0.5) is 5.82 Å². The molecule has 42 heavy (non-hydrogen) atoms. The molecule has 0 amide bonds. The van der Waals surface area contributed by atoms with Gasteiger partial charge in [0.05, 0.1) is 23.7 Å². The molecule has 2 aromatic carbocycles. The average molecular weight is 598 g/mol. The summed E-state index contributed by atoms with van der Waals surface area (Å²) in [5, 5.41) is 3.63. The monoisotopic (exact) mass is 597 g/mol. The van der Waals surface area contributed by atoms with Crippen molar-refractivity contribution < 1.29 is 27.9 Å². The van der Waals surface area contributed by atoms with Gasteiger partial charge in [-0.15, -0.1) is 0 Å². The average Bonchev–Trinajstić information content (AvgIpc) is 3.26. The van der Waals surface area contributed by atoms with E-state index in [4.69, 9.17) is 29.2 Å². The minimum absolute atomic E-state index is 0.232. The van der Waals surface area contributed by atoms with Crippen LogP contribution in [0.2, 0.25) is 0 Å². The standard InChI is InChI=1S/C30H40N5O6P/c1-8-38-18-25-33-26-27(23-11-9-10-12-24(23)32-28(26)31)35(25)17-20(3)40-42(37,41-22-15-13-19(2)14-16-22)34-21(4)29(36)39-30(5,6)7/h9-16,20-21H,8,17-18H2,1-7H3,(H2,31,32)(H,34,37)/t20-,21+,42-/m1/s1. The minimum atomic E-state index is -4.11. The van der Waals surface area contributed by atoms with Crippen LogP contribution in [-0.2, 0) is 36.5 Å². The Kier molecular flexibility index (Phi) is 9.57. The van der Waals surface area contributed by atoms with E-state index in [0.29, 0.717) is 29.5 Å². The van der Waals surface area contributed by atoms with E-state index in [1.54, 1.807) is 46.8 Å². The zero-order chi connectivity index (χ0) is 30.7. The number of carbonyl (C=O) groups excluding carboxylic acids is 1. The lowest BCUT2D eigenvalue weighted by Crippen LogP contribution is -2.39. The molecule has 2 aromatic heterocycles. The van der Waals surface area contributed by atoms with E-state index in [9.17, 15) is 9.36 Å². The maximum absolute atomic E-state index is 14.2. The number of hydrogen-bond donors (Lipinski definition) is 2. The summed E-state index contributed by atoms with van der Waals surface area (Å²) in [6, 6.07) is 13.7. The molecular formula is C30H40N5O6P. The highest BCUT2D eigenvalue weighted by Crippen LogP contribution is 2.46. The number of ether oxygens (including phenoxy) is 2. The van der Waals surface area contributed by atoms with E-state index >= 15 is 0 Å². The van der Waals surface area contributed by atoms with E-state index in [1.165, 1.54) is 0 Å². The van der Waals surface area contributed by atoms with Crippen molar-refractivity contribution in [3.63, 3.8) is 0 Å². The number of rotatable bonds is 12. The number of benzene rings is 2. The lowest BCUT2D eigenvalue weighted by Gasteiger charge is -2.28. The number of esters is 1. The van der Waals surface area contributed by atoms with E-state index < -0.39 is 31.5 Å². The molecule has 0 fully saturated rings. The third kappa shape index (κ3) is 7.66. The Bertz CT molecular complexity index is 1600. The fraction of sp³-hybridized carbons (Fsp3) is 0.433. The van der Waals surface area contributed by atoms with Gasteiger partial charge in [-0.25, -0.2) is 14.5 Å². The molecule has 226 valence electrons. The van der Waals surface area contributed by atoms with Crippen LogP contribution < -0.4 is 15.3 Å². The van der Waals surface area contributed by atoms with Crippen LogP contribution in [0.15, 0.2) is 48.5 Å². The van der Waals surface area contributed by atoms with Gasteiger partial charge < -0.3 is 24.3 Å². The number of aromatic nitrogens is 3. The number of nitrogen functional groups attached to an aromatic ring is 1. The second-order valence-corrected chi connectivity index (χ2v) is 12.8. The van der Waals surface area contributed by atoms with Gasteiger partial charge in [-0.2, -0.15) is 5.09 Å². The number of hydrogen-bond acceptors (Lipinski definition) is 9. The van der Waals surface area contributed by atoms with Crippen LogP contribution in [0.25, 0.3) is 21.9 Å². The van der Waals surface area contributed by atoms with Crippen molar-refractivity contribution >= 4 is 41.5 Å². The van der Waals surface area contributed by atoms with Gasteiger partial charge in [-0.3, -0.25) is 9.32 Å². The summed E-state index contributed by atoms with van der Waals surface area (Å²) < 4.78 is 39.4. The van der Waals surface area contributed by atoms with Crippen molar-refractivity contribution in [2.24, 2.45) is 0 Å². The van der Waals surface area contributed by atoms with Crippen LogP contribution in [0, 0.1) is 6.92 Å². The third-order valence-corrected chi connectivity index (χ3v) is 8.03. The maximum Gasteiger partial charge on any atom is 0.459 e. The topological polar surface area (TPSA) is 140 Å². The highest BCUT2D eigenvalue weighted by molar-refractivity contribution is 7.52. The first-order chi connectivity index (χ1) is 19.8. The highest BCUT2D eigenvalue weighted by atomic mass is 31.2. The van der Waals surface area contributed by atoms with Crippen LogP contribution in [0.5, 0.6) is 5.75 Å². The Morgan fingerprint density at radius 2 is 1.79 bits per heavy atom. The fourth-order valence-electron chi connectivity index (χ4n) is 4.43. The molecule has 0 aliphatic heterocycles. The Balaban J connectivity index is 1.68. The van der Waals surface area contributed by atoms with Crippen LogP contribution in [0.1, 0.15) is 52.9 Å². The largest absolute Gasteiger partial charge is 0.459 e. The van der Waals surface area contributed by atoms with E-state index in [0.717, 1.165) is 22.0 Å². The number of para-hydroxylation sites is 1. The number of nitrogens with zero attached hydrogens (tertiary/aromatic N) is 3. The molecular weight excluding hydrogens is 557 g/mol. The minimum Gasteiger partial charge on any atom is -0.459 e. The van der Waals surface area contributed by atoms with Gasteiger partial charge in [-0.1, -0.05) is 35.9 Å². The van der Waals surface area contributed by atoms with Crippen molar-refractivity contribution in [3.8, 4) is 5.75 Å². The van der Waals surface area contributed by atoms with Crippen molar-refractivity contribution in [1.29, 1.82) is 0 Å². The summed E-state index contributed by atoms with van der Waals surface area (Å²) in [6.45, 7) is 13.4. The molecule has 0 spiro atoms. The lowest BCUT2D eigenvalue weighted by molar-refractivity contribution is -0.156. The van der Waals surface area contributed by atoms with Gasteiger partial charge in [0.25, 0.3) is 0 Å². The zero-order valence-electron chi connectivity index (χ0n) is 25.2. The first-order valence-electron chi connectivity index (χ1n) is 13.9. The normalized spacial score (nSPS) is 14.9. The van der Waals surface area contributed by atoms with Crippen molar-refractivity contribution in [1.82, 2.24) is 19.6 Å². The number of carbonyl (C=O) groups is 1. The van der Waals surface area contributed by atoms with Crippen molar-refractivity contribution in [2.75, 3.05) is 12.3 Å². The number of nitrogens with one attached hydrogen (secondary N) is 1. The van der Waals surface area contributed by atoms with E-state index in [-0.39, 0.29) is 13.2 Å². The quantitative estimate of drug-likeness (QED) is 0.149. The van der Waals surface area contributed by atoms with E-state index in [2.05, 4.69) is 10.1 Å². The molecule has 12 heteroatoms. The number of imidazole rings is 1. The second kappa shape index (κ2) is 12.8. The third-order valence-electron chi connectivity index (χ3n) is 6.24. The molecule has 0 saturated carbocycles. The van der Waals surface area contributed by atoms with Crippen molar-refractivity contribution in [3.05, 3.63) is 59.9 Å². The summed E-state index contributed by atoms with van der Waals surface area (Å²) in [6.07, 6.45) is -0.675. The van der Waals surface area contributed by atoms with Crippen LogP contribution in [-0.4, -0.2) is 44.9 Å². The van der Waals surface area contributed by atoms with Crippen LogP contribution >= 0.6 is 7.75 Å². The molecule has 3 atom stereocenters. The summed E-state index contributed by atoms with van der Waals surface area (Å²) in [5.74, 6) is 0.669. The molecule has 4 aromatic rings. The predicted octanol–water partition coefficient (Wildman–Crippen LogP) is 5.92. The summed E-state index contributed by atoms with van der Waals surface area (Å²) in [4.78, 5) is 22.0. The number of anilines is 1. The van der Waals surface area contributed by atoms with E-state index in [1.807, 2.05) is 54.8 Å². The summed E-state index contributed by atoms with van der Waals surface area (Å²) in [7, 11) is -4.11. The Morgan fingerprint density at radius 3 is 2.45 bits per heavy atom. The maximum atomic E-state index is 14.2. The zero-order valence-corrected chi connectivity index (χ0v) is 26.1. The Morgan fingerprint density at radius 1 is 1.10 bits per heavy atom. The fourth-order valence-corrected chi connectivity index (χ4v) is 6.10. The highest BCUT2D eigenvalue weighted by Gasteiger charge is 2.35.